The van der Waals surface area contributed by atoms with Crippen LogP contribution in [0.4, 0.5) is 0 Å². The number of aryl methyl sites for hydroxylation is 1. The Hall–Kier alpha value is -2.69. The van der Waals surface area contributed by atoms with Gasteiger partial charge in [-0.05, 0) is 43.3 Å². The SMILES string of the molecule is Cc1ccc(/C=C2/Oc3cc(OCc4ccc(Cl)cc4Cl)ccc3C2=O)o1. The molecule has 6 heteroatoms. The molecule has 4 rings (SSSR count). The summed E-state index contributed by atoms with van der Waals surface area (Å²) in [6.45, 7) is 2.11. The Morgan fingerprint density at radius 2 is 1.93 bits per heavy atom. The number of fused-ring (bicyclic) bond motifs is 1. The predicted octanol–water partition coefficient (Wildman–Crippen LogP) is 6.09. The first kappa shape index (κ1) is 17.7. The van der Waals surface area contributed by atoms with E-state index in [4.69, 9.17) is 37.1 Å². The standard InChI is InChI=1S/C21H14Cl2O4/c1-12-2-5-16(26-12)10-20-21(24)17-7-6-15(9-19(17)27-20)25-11-13-3-4-14(22)8-18(13)23/h2-10H,11H2,1H3/b20-10+. The zero-order chi connectivity index (χ0) is 19.0. The van der Waals surface area contributed by atoms with E-state index in [0.717, 1.165) is 11.3 Å². The fourth-order valence-electron chi connectivity index (χ4n) is 2.72. The van der Waals surface area contributed by atoms with E-state index in [1.807, 2.05) is 19.1 Å². The smallest absolute Gasteiger partial charge is 0.232 e. The number of furan rings is 1. The van der Waals surface area contributed by atoms with Gasteiger partial charge in [0, 0.05) is 27.8 Å². The molecule has 0 amide bonds. The number of hydrogen-bond acceptors (Lipinski definition) is 4. The van der Waals surface area contributed by atoms with E-state index < -0.39 is 0 Å². The summed E-state index contributed by atoms with van der Waals surface area (Å²) in [7, 11) is 0. The Bertz CT molecular complexity index is 1070. The first-order chi connectivity index (χ1) is 13.0. The van der Waals surface area contributed by atoms with Crippen LogP contribution in [0.1, 0.15) is 27.4 Å². The van der Waals surface area contributed by atoms with Crippen molar-refractivity contribution >= 4 is 35.1 Å². The maximum absolute atomic E-state index is 12.5. The summed E-state index contributed by atoms with van der Waals surface area (Å²) in [5.74, 6) is 2.39. The average molecular weight is 401 g/mol. The predicted molar refractivity (Wildman–Crippen MR) is 104 cm³/mol. The van der Waals surface area contributed by atoms with Gasteiger partial charge in [0.15, 0.2) is 5.76 Å². The van der Waals surface area contributed by atoms with Crippen molar-refractivity contribution in [3.05, 3.63) is 87.0 Å². The van der Waals surface area contributed by atoms with Gasteiger partial charge in [-0.1, -0.05) is 29.3 Å². The molecule has 0 saturated carbocycles. The number of rotatable bonds is 4. The molecular weight excluding hydrogens is 387 g/mol. The summed E-state index contributed by atoms with van der Waals surface area (Å²) < 4.78 is 16.9. The Morgan fingerprint density at radius 3 is 2.67 bits per heavy atom. The van der Waals surface area contributed by atoms with Gasteiger partial charge in [0.1, 0.15) is 29.6 Å². The van der Waals surface area contributed by atoms with Crippen molar-refractivity contribution in [1.82, 2.24) is 0 Å². The third-order valence-corrected chi connectivity index (χ3v) is 4.67. The number of ether oxygens (including phenoxy) is 2. The van der Waals surface area contributed by atoms with Crippen molar-refractivity contribution in [1.29, 1.82) is 0 Å². The van der Waals surface area contributed by atoms with Crippen LogP contribution >= 0.6 is 23.2 Å². The largest absolute Gasteiger partial charge is 0.489 e. The molecule has 27 heavy (non-hydrogen) atoms. The highest BCUT2D eigenvalue weighted by atomic mass is 35.5. The minimum Gasteiger partial charge on any atom is -0.489 e. The van der Waals surface area contributed by atoms with Crippen LogP contribution < -0.4 is 9.47 Å². The summed E-state index contributed by atoms with van der Waals surface area (Å²) in [4.78, 5) is 12.5. The summed E-state index contributed by atoms with van der Waals surface area (Å²) in [6, 6.07) is 13.9. The molecule has 1 aliphatic rings. The second-order valence-electron chi connectivity index (χ2n) is 6.07. The topological polar surface area (TPSA) is 48.7 Å². The number of hydrogen-bond donors (Lipinski definition) is 0. The molecule has 0 bridgehead atoms. The Kier molecular flexibility index (Phi) is 4.68. The lowest BCUT2D eigenvalue weighted by Crippen LogP contribution is -1.97. The molecular formula is C21H14Cl2O4. The molecule has 0 unspecified atom stereocenters. The van der Waals surface area contributed by atoms with Gasteiger partial charge in [-0.15, -0.1) is 0 Å². The van der Waals surface area contributed by atoms with Gasteiger partial charge < -0.3 is 13.9 Å². The highest BCUT2D eigenvalue weighted by Gasteiger charge is 2.28. The van der Waals surface area contributed by atoms with Crippen LogP contribution in [0.3, 0.4) is 0 Å². The molecule has 3 aromatic rings. The molecule has 0 N–H and O–H groups in total. The van der Waals surface area contributed by atoms with E-state index in [2.05, 4.69) is 0 Å². The van der Waals surface area contributed by atoms with Crippen LogP contribution in [0, 0.1) is 6.92 Å². The van der Waals surface area contributed by atoms with Crippen molar-refractivity contribution < 1.29 is 18.7 Å². The van der Waals surface area contributed by atoms with Crippen molar-refractivity contribution in [3.63, 3.8) is 0 Å². The van der Waals surface area contributed by atoms with Gasteiger partial charge in [-0.3, -0.25) is 4.79 Å². The number of carbonyl (C=O) groups is 1. The van der Waals surface area contributed by atoms with Crippen LogP contribution in [-0.2, 0) is 6.61 Å². The van der Waals surface area contributed by atoms with E-state index in [1.54, 1.807) is 42.5 Å². The Labute approximate surface area is 165 Å². The molecule has 1 aromatic heterocycles. The first-order valence-electron chi connectivity index (χ1n) is 8.21. The number of Topliss-reactive ketones (excluding diaryl/α,β-unsaturated/α-hetero) is 1. The van der Waals surface area contributed by atoms with Gasteiger partial charge in [0.25, 0.3) is 0 Å². The minimum absolute atomic E-state index is 0.189. The van der Waals surface area contributed by atoms with E-state index in [9.17, 15) is 4.79 Å². The lowest BCUT2D eigenvalue weighted by Gasteiger charge is -2.09. The van der Waals surface area contributed by atoms with Gasteiger partial charge in [-0.25, -0.2) is 0 Å². The number of halogens is 2. The fourth-order valence-corrected chi connectivity index (χ4v) is 3.18. The summed E-state index contributed by atoms with van der Waals surface area (Å²) in [5.41, 5.74) is 1.30. The maximum Gasteiger partial charge on any atom is 0.232 e. The Morgan fingerprint density at radius 1 is 1.07 bits per heavy atom. The molecule has 0 atom stereocenters. The van der Waals surface area contributed by atoms with Crippen LogP contribution in [-0.4, -0.2) is 5.78 Å². The lowest BCUT2D eigenvalue weighted by atomic mass is 10.1. The highest BCUT2D eigenvalue weighted by Crippen LogP contribution is 2.35. The second-order valence-corrected chi connectivity index (χ2v) is 6.91. The summed E-state index contributed by atoms with van der Waals surface area (Å²) in [5, 5.41) is 1.10. The number of ketones is 1. The van der Waals surface area contributed by atoms with Crippen molar-refractivity contribution in [2.24, 2.45) is 0 Å². The monoisotopic (exact) mass is 400 g/mol. The summed E-state index contributed by atoms with van der Waals surface area (Å²) >= 11 is 12.1. The molecule has 136 valence electrons. The average Bonchev–Trinajstić information content (AvgIpc) is 3.18. The zero-order valence-electron chi connectivity index (χ0n) is 14.3. The molecule has 2 aromatic carbocycles. The van der Waals surface area contributed by atoms with Gasteiger partial charge in [0.2, 0.25) is 5.78 Å². The third kappa shape index (κ3) is 3.72. The molecule has 0 aliphatic carbocycles. The normalized spacial score (nSPS) is 14.3. The van der Waals surface area contributed by atoms with Gasteiger partial charge >= 0.3 is 0 Å². The molecule has 0 radical (unpaired) electrons. The number of carbonyl (C=O) groups excluding carboxylic acids is 1. The highest BCUT2D eigenvalue weighted by molar-refractivity contribution is 6.35. The lowest BCUT2D eigenvalue weighted by molar-refractivity contribution is 0.101. The zero-order valence-corrected chi connectivity index (χ0v) is 15.8. The van der Waals surface area contributed by atoms with Crippen molar-refractivity contribution in [3.8, 4) is 11.5 Å². The van der Waals surface area contributed by atoms with E-state index in [1.165, 1.54) is 0 Å². The van der Waals surface area contributed by atoms with Crippen molar-refractivity contribution in [2.75, 3.05) is 0 Å². The van der Waals surface area contributed by atoms with E-state index in [0.29, 0.717) is 32.9 Å². The first-order valence-corrected chi connectivity index (χ1v) is 8.96. The van der Waals surface area contributed by atoms with Crippen LogP contribution in [0.25, 0.3) is 6.08 Å². The Balaban J connectivity index is 1.51. The molecule has 4 nitrogen and oxygen atoms in total. The fraction of sp³-hybridized carbons (Fsp3) is 0.0952. The molecule has 2 heterocycles. The van der Waals surface area contributed by atoms with Crippen LogP contribution in [0.15, 0.2) is 58.7 Å². The molecule has 0 fully saturated rings. The molecule has 0 saturated heterocycles. The van der Waals surface area contributed by atoms with E-state index >= 15 is 0 Å². The molecule has 1 aliphatic heterocycles. The van der Waals surface area contributed by atoms with Crippen LogP contribution in [0.5, 0.6) is 11.5 Å². The quantitative estimate of drug-likeness (QED) is 0.497. The number of allylic oxidation sites excluding steroid dienone is 1. The van der Waals surface area contributed by atoms with Crippen LogP contribution in [0.2, 0.25) is 10.0 Å². The summed E-state index contributed by atoms with van der Waals surface area (Å²) in [6.07, 6.45) is 1.59. The maximum atomic E-state index is 12.5. The number of benzene rings is 2. The van der Waals surface area contributed by atoms with Gasteiger partial charge in [-0.2, -0.15) is 0 Å². The minimum atomic E-state index is -0.189. The van der Waals surface area contributed by atoms with Gasteiger partial charge in [0.05, 0.1) is 5.56 Å². The van der Waals surface area contributed by atoms with E-state index in [-0.39, 0.29) is 18.1 Å². The third-order valence-electron chi connectivity index (χ3n) is 4.09. The second kappa shape index (κ2) is 7.14. The molecule has 0 spiro atoms. The van der Waals surface area contributed by atoms with Crippen molar-refractivity contribution in [2.45, 2.75) is 13.5 Å².